The van der Waals surface area contributed by atoms with E-state index in [1.807, 2.05) is 12.1 Å². The van der Waals surface area contributed by atoms with Crippen LogP contribution in [0.15, 0.2) is 42.5 Å². The van der Waals surface area contributed by atoms with Gasteiger partial charge in [0.1, 0.15) is 11.9 Å². The Morgan fingerprint density at radius 1 is 1.16 bits per heavy atom. The van der Waals surface area contributed by atoms with E-state index in [2.05, 4.69) is 24.5 Å². The van der Waals surface area contributed by atoms with Crippen molar-refractivity contribution in [2.45, 2.75) is 45.3 Å². The van der Waals surface area contributed by atoms with E-state index >= 15 is 0 Å². The Morgan fingerprint density at radius 3 is 2.62 bits per heavy atom. The molecule has 2 saturated heterocycles. The Bertz CT molecular complexity index is 1120. The van der Waals surface area contributed by atoms with Crippen LogP contribution >= 0.6 is 0 Å². The first-order valence-electron chi connectivity index (χ1n) is 12.8. The molecule has 9 heteroatoms. The summed E-state index contributed by atoms with van der Waals surface area (Å²) in [6, 6.07) is 12.1. The van der Waals surface area contributed by atoms with Gasteiger partial charge in [-0.3, -0.25) is 14.5 Å². The van der Waals surface area contributed by atoms with Crippen molar-refractivity contribution in [1.29, 1.82) is 0 Å². The van der Waals surface area contributed by atoms with E-state index in [0.29, 0.717) is 35.9 Å². The van der Waals surface area contributed by atoms with Crippen LogP contribution in [-0.2, 0) is 20.7 Å². The molecule has 0 saturated carbocycles. The number of hydrogen-bond donors (Lipinski definition) is 2. The molecular weight excluding hydrogens is 477 g/mol. The molecule has 2 unspecified atom stereocenters. The van der Waals surface area contributed by atoms with Gasteiger partial charge in [0.05, 0.1) is 31.5 Å². The maximum atomic E-state index is 14.7. The summed E-state index contributed by atoms with van der Waals surface area (Å²) < 4.78 is 25.7. The van der Waals surface area contributed by atoms with Crippen molar-refractivity contribution >= 4 is 23.5 Å². The summed E-state index contributed by atoms with van der Waals surface area (Å²) >= 11 is 0. The average Bonchev–Trinajstić information content (AvgIpc) is 3.27. The van der Waals surface area contributed by atoms with Gasteiger partial charge in [0.15, 0.2) is 5.78 Å². The molecule has 2 aliphatic rings. The predicted octanol–water partition coefficient (Wildman–Crippen LogP) is 3.79. The first kappa shape index (κ1) is 26.8. The number of nitrogens with zero attached hydrogens (tertiary/aromatic N) is 1. The van der Waals surface area contributed by atoms with Crippen molar-refractivity contribution in [2.24, 2.45) is 5.92 Å². The van der Waals surface area contributed by atoms with Crippen LogP contribution < -0.4 is 15.5 Å². The molecule has 2 amide bonds. The Labute approximate surface area is 216 Å². The Morgan fingerprint density at radius 2 is 1.95 bits per heavy atom. The first-order valence-corrected chi connectivity index (χ1v) is 12.8. The maximum Gasteiger partial charge on any atom is 0.414 e. The van der Waals surface area contributed by atoms with Crippen LogP contribution in [0.1, 0.15) is 54.3 Å². The first-order chi connectivity index (χ1) is 17.8. The van der Waals surface area contributed by atoms with E-state index in [4.69, 9.17) is 9.47 Å². The summed E-state index contributed by atoms with van der Waals surface area (Å²) in [5.41, 5.74) is 2.59. The van der Waals surface area contributed by atoms with E-state index in [9.17, 15) is 18.8 Å². The fourth-order valence-corrected chi connectivity index (χ4v) is 4.53. The molecular formula is C28H34FN3O5. The summed E-state index contributed by atoms with van der Waals surface area (Å²) in [6.07, 6.45) is -0.452. The summed E-state index contributed by atoms with van der Waals surface area (Å²) in [7, 11) is 0. The second-order valence-corrected chi connectivity index (χ2v) is 9.91. The monoisotopic (exact) mass is 511 g/mol. The molecule has 2 aliphatic heterocycles. The van der Waals surface area contributed by atoms with Gasteiger partial charge in [0.2, 0.25) is 5.91 Å². The zero-order chi connectivity index (χ0) is 26.4. The second kappa shape index (κ2) is 12.3. The van der Waals surface area contributed by atoms with E-state index < -0.39 is 18.0 Å². The van der Waals surface area contributed by atoms with Crippen LogP contribution in [0.4, 0.5) is 14.9 Å². The average molecular weight is 512 g/mol. The number of amides is 2. The number of benzene rings is 2. The quantitative estimate of drug-likeness (QED) is 0.471. The molecule has 2 N–H and O–H groups in total. The molecule has 2 fully saturated rings. The number of nitrogens with one attached hydrogen (secondary N) is 2. The molecule has 198 valence electrons. The number of Topliss-reactive ketones (excluding diaryl/α,β-unsaturated/α-hetero) is 1. The van der Waals surface area contributed by atoms with Crippen LogP contribution in [0.25, 0.3) is 0 Å². The second-order valence-electron chi connectivity index (χ2n) is 9.91. The highest BCUT2D eigenvalue weighted by molar-refractivity contribution is 5.98. The number of ether oxygens (including phenoxy) is 2. The van der Waals surface area contributed by atoms with Crippen LogP contribution in [0, 0.1) is 11.7 Å². The third-order valence-electron chi connectivity index (χ3n) is 6.47. The Kier molecular flexibility index (Phi) is 8.89. The van der Waals surface area contributed by atoms with E-state index in [1.54, 1.807) is 24.3 Å². The number of anilines is 1. The highest BCUT2D eigenvalue weighted by Crippen LogP contribution is 2.28. The third kappa shape index (κ3) is 7.14. The number of carbonyl (C=O) groups is 3. The summed E-state index contributed by atoms with van der Waals surface area (Å²) in [4.78, 5) is 38.4. The van der Waals surface area contributed by atoms with Crippen molar-refractivity contribution < 1.29 is 28.2 Å². The van der Waals surface area contributed by atoms with Crippen molar-refractivity contribution in [3.05, 3.63) is 65.0 Å². The normalized spacial score (nSPS) is 19.7. The molecule has 2 aromatic carbocycles. The third-order valence-corrected chi connectivity index (χ3v) is 6.47. The summed E-state index contributed by atoms with van der Waals surface area (Å²) in [6.45, 7) is 6.35. The smallest absolute Gasteiger partial charge is 0.414 e. The minimum absolute atomic E-state index is 0.0434. The highest BCUT2D eigenvalue weighted by atomic mass is 19.1. The maximum absolute atomic E-state index is 14.7. The summed E-state index contributed by atoms with van der Waals surface area (Å²) in [5.74, 6) is -0.298. The number of rotatable bonds is 10. The van der Waals surface area contributed by atoms with Gasteiger partial charge in [-0.15, -0.1) is 0 Å². The van der Waals surface area contributed by atoms with E-state index in [0.717, 1.165) is 13.0 Å². The molecule has 2 atom stereocenters. The van der Waals surface area contributed by atoms with Crippen molar-refractivity contribution in [3.8, 4) is 0 Å². The van der Waals surface area contributed by atoms with Gasteiger partial charge in [0.25, 0.3) is 0 Å². The van der Waals surface area contributed by atoms with Gasteiger partial charge in [-0.25, -0.2) is 9.18 Å². The van der Waals surface area contributed by atoms with Crippen LogP contribution in [0.5, 0.6) is 0 Å². The molecule has 4 rings (SSSR count). The topological polar surface area (TPSA) is 97.0 Å². The molecule has 0 aromatic heterocycles. The van der Waals surface area contributed by atoms with Gasteiger partial charge in [-0.05, 0) is 30.0 Å². The van der Waals surface area contributed by atoms with Crippen LogP contribution in [0.2, 0.25) is 0 Å². The fourth-order valence-electron chi connectivity index (χ4n) is 4.53. The van der Waals surface area contributed by atoms with Crippen molar-refractivity contribution in [2.75, 3.05) is 37.7 Å². The Hall–Kier alpha value is -3.30. The number of ketones is 1. The van der Waals surface area contributed by atoms with E-state index in [-0.39, 0.29) is 43.7 Å². The van der Waals surface area contributed by atoms with E-state index in [1.165, 1.54) is 16.5 Å². The lowest BCUT2D eigenvalue weighted by Crippen LogP contribution is -2.35. The van der Waals surface area contributed by atoms with Gasteiger partial charge < -0.3 is 20.1 Å². The van der Waals surface area contributed by atoms with Crippen LogP contribution in [-0.4, -0.2) is 56.7 Å². The van der Waals surface area contributed by atoms with Gasteiger partial charge in [-0.2, -0.15) is 0 Å². The molecule has 37 heavy (non-hydrogen) atoms. The molecule has 2 heterocycles. The zero-order valence-corrected chi connectivity index (χ0v) is 21.3. The minimum Gasteiger partial charge on any atom is -0.442 e. The molecule has 0 aliphatic carbocycles. The summed E-state index contributed by atoms with van der Waals surface area (Å²) in [5, 5.41) is 5.89. The van der Waals surface area contributed by atoms with Crippen molar-refractivity contribution in [3.63, 3.8) is 0 Å². The lowest BCUT2D eigenvalue weighted by Gasteiger charge is -2.25. The van der Waals surface area contributed by atoms with Gasteiger partial charge in [-0.1, -0.05) is 44.2 Å². The highest BCUT2D eigenvalue weighted by Gasteiger charge is 2.33. The lowest BCUT2D eigenvalue weighted by atomic mass is 9.99. The number of morpholine rings is 1. The number of cyclic esters (lactones) is 1. The SMILES string of the molecule is CC(C)Cc1ccc(C(=O)CCC(=O)NCC2CN(c3ccc(C4CNCCO4)c(F)c3)C(=O)O2)cc1. The van der Waals surface area contributed by atoms with Gasteiger partial charge in [0, 0.05) is 37.1 Å². The fraction of sp³-hybridized carbons (Fsp3) is 0.464. The standard InChI is InChI=1S/C28H34FN3O5/c1-18(2)13-19-3-5-20(6-4-19)25(33)9-10-27(34)31-15-22-17-32(28(35)37-22)21-7-8-23(24(29)14-21)26-16-30-11-12-36-26/h3-8,14,18,22,26,30H,9-13,15-17H2,1-2H3,(H,31,34). The molecule has 8 nitrogen and oxygen atoms in total. The zero-order valence-electron chi connectivity index (χ0n) is 21.3. The molecule has 2 aromatic rings. The molecule has 0 bridgehead atoms. The van der Waals surface area contributed by atoms with Crippen LogP contribution in [0.3, 0.4) is 0 Å². The number of carbonyl (C=O) groups excluding carboxylic acids is 3. The largest absolute Gasteiger partial charge is 0.442 e. The van der Waals surface area contributed by atoms with Crippen molar-refractivity contribution in [1.82, 2.24) is 10.6 Å². The lowest BCUT2D eigenvalue weighted by molar-refractivity contribution is -0.121. The number of halogens is 1. The molecule has 0 radical (unpaired) electrons. The molecule has 0 spiro atoms. The minimum atomic E-state index is -0.599. The predicted molar refractivity (Wildman–Crippen MR) is 137 cm³/mol. The number of hydrogen-bond acceptors (Lipinski definition) is 6. The Balaban J connectivity index is 1.23. The van der Waals surface area contributed by atoms with Gasteiger partial charge >= 0.3 is 6.09 Å².